The molecule has 0 spiro atoms. The third-order valence-electron chi connectivity index (χ3n) is 4.54. The minimum atomic E-state index is -0.226. The number of aromatic nitrogens is 4. The number of amides is 1. The minimum Gasteiger partial charge on any atom is -0.341 e. The zero-order valence-corrected chi connectivity index (χ0v) is 15.4. The Morgan fingerprint density at radius 1 is 0.857 bits per heavy atom. The normalized spacial score (nSPS) is 10.8. The maximum absolute atomic E-state index is 12.9. The fourth-order valence-electron chi connectivity index (χ4n) is 3.09. The van der Waals surface area contributed by atoms with Gasteiger partial charge in [-0.3, -0.25) is 4.79 Å². The van der Waals surface area contributed by atoms with Crippen molar-refractivity contribution in [2.24, 2.45) is 0 Å². The Kier molecular flexibility index (Phi) is 4.93. The fraction of sp³-hybridized carbons (Fsp3) is 0.0909. The predicted molar refractivity (Wildman–Crippen MR) is 106 cm³/mol. The van der Waals surface area contributed by atoms with Gasteiger partial charge in [-0.25, -0.2) is 0 Å². The molecule has 138 valence electrons. The van der Waals surface area contributed by atoms with E-state index in [0.717, 1.165) is 16.8 Å². The molecule has 0 unspecified atom stereocenters. The highest BCUT2D eigenvalue weighted by molar-refractivity contribution is 5.94. The molecule has 0 fully saturated rings. The Morgan fingerprint density at radius 3 is 1.93 bits per heavy atom. The Hall–Kier alpha value is -3.80. The van der Waals surface area contributed by atoms with Crippen LogP contribution in [0.3, 0.4) is 0 Å². The van der Waals surface area contributed by atoms with Gasteiger partial charge >= 0.3 is 0 Å². The smallest absolute Gasteiger partial charge is 0.252 e. The maximum atomic E-state index is 12.9. The molecule has 0 radical (unpaired) electrons. The van der Waals surface area contributed by atoms with Gasteiger partial charge in [0.2, 0.25) is 0 Å². The summed E-state index contributed by atoms with van der Waals surface area (Å²) in [6.07, 6.45) is 0. The SMILES string of the molecule is Cc1nnnn1-c1ccc(C(=O)NC(c2ccccc2)c2ccccc2)cc1. The quantitative estimate of drug-likeness (QED) is 0.584. The first-order chi connectivity index (χ1) is 13.7. The van der Waals surface area contributed by atoms with Gasteiger partial charge in [0.1, 0.15) is 0 Å². The van der Waals surface area contributed by atoms with E-state index < -0.39 is 0 Å². The lowest BCUT2D eigenvalue weighted by molar-refractivity contribution is 0.0943. The van der Waals surface area contributed by atoms with Crippen molar-refractivity contribution < 1.29 is 4.79 Å². The van der Waals surface area contributed by atoms with Crippen LogP contribution in [-0.2, 0) is 0 Å². The summed E-state index contributed by atoms with van der Waals surface area (Å²) in [5.74, 6) is 0.545. The Labute approximate surface area is 162 Å². The van der Waals surface area contributed by atoms with Crippen LogP contribution >= 0.6 is 0 Å². The summed E-state index contributed by atoms with van der Waals surface area (Å²) in [7, 11) is 0. The summed E-state index contributed by atoms with van der Waals surface area (Å²) >= 11 is 0. The average molecular weight is 369 g/mol. The van der Waals surface area contributed by atoms with Gasteiger partial charge in [0, 0.05) is 5.56 Å². The molecule has 0 atom stereocenters. The molecule has 0 aliphatic rings. The first-order valence-electron chi connectivity index (χ1n) is 8.98. The zero-order valence-electron chi connectivity index (χ0n) is 15.4. The molecule has 6 nitrogen and oxygen atoms in total. The summed E-state index contributed by atoms with van der Waals surface area (Å²) in [5, 5.41) is 14.6. The summed E-state index contributed by atoms with van der Waals surface area (Å²) in [6, 6.07) is 26.9. The molecule has 1 aromatic heterocycles. The number of aryl methyl sites for hydroxylation is 1. The Bertz CT molecular complexity index is 1020. The molecule has 4 aromatic rings. The molecule has 0 saturated carbocycles. The molecule has 0 bridgehead atoms. The number of benzene rings is 3. The fourth-order valence-corrected chi connectivity index (χ4v) is 3.09. The van der Waals surface area contributed by atoms with Gasteiger partial charge in [-0.1, -0.05) is 60.7 Å². The van der Waals surface area contributed by atoms with Crippen molar-refractivity contribution in [1.82, 2.24) is 25.5 Å². The molecule has 1 amide bonds. The van der Waals surface area contributed by atoms with Crippen LogP contribution in [0, 0.1) is 6.92 Å². The molecule has 0 aliphatic carbocycles. The van der Waals surface area contributed by atoms with Crippen LogP contribution in [0.5, 0.6) is 0 Å². The molecule has 6 heteroatoms. The van der Waals surface area contributed by atoms with E-state index in [1.807, 2.05) is 79.7 Å². The highest BCUT2D eigenvalue weighted by atomic mass is 16.1. The number of nitrogens with one attached hydrogen (secondary N) is 1. The third-order valence-corrected chi connectivity index (χ3v) is 4.54. The molecule has 3 aromatic carbocycles. The van der Waals surface area contributed by atoms with Gasteiger partial charge in [-0.05, 0) is 52.7 Å². The lowest BCUT2D eigenvalue weighted by Gasteiger charge is -2.20. The number of carbonyl (C=O) groups is 1. The van der Waals surface area contributed by atoms with Crippen molar-refractivity contribution in [3.8, 4) is 5.69 Å². The summed E-state index contributed by atoms with van der Waals surface area (Å²) in [4.78, 5) is 12.9. The van der Waals surface area contributed by atoms with E-state index in [4.69, 9.17) is 0 Å². The standard InChI is InChI=1S/C22H19N5O/c1-16-24-25-26-27(16)20-14-12-19(13-15-20)22(28)23-21(17-8-4-2-5-9-17)18-10-6-3-7-11-18/h2-15,21H,1H3,(H,23,28). The van der Waals surface area contributed by atoms with Gasteiger partial charge in [-0.15, -0.1) is 5.10 Å². The van der Waals surface area contributed by atoms with Gasteiger partial charge in [0.15, 0.2) is 5.82 Å². The van der Waals surface area contributed by atoms with Gasteiger partial charge in [0.05, 0.1) is 11.7 Å². The predicted octanol–water partition coefficient (Wildman–Crippen LogP) is 3.49. The topological polar surface area (TPSA) is 72.7 Å². The van der Waals surface area contributed by atoms with Crippen LogP contribution in [0.1, 0.15) is 33.4 Å². The molecule has 0 saturated heterocycles. The minimum absolute atomic E-state index is 0.141. The molecule has 0 aliphatic heterocycles. The van der Waals surface area contributed by atoms with E-state index in [9.17, 15) is 4.79 Å². The average Bonchev–Trinajstić information content (AvgIpc) is 3.19. The number of hydrogen-bond acceptors (Lipinski definition) is 4. The van der Waals surface area contributed by atoms with Gasteiger partial charge in [-0.2, -0.15) is 4.68 Å². The second kappa shape index (κ2) is 7.84. The van der Waals surface area contributed by atoms with Crippen LogP contribution in [0.15, 0.2) is 84.9 Å². The number of tetrazole rings is 1. The van der Waals surface area contributed by atoms with Crippen LogP contribution in [0.4, 0.5) is 0 Å². The second-order valence-electron chi connectivity index (χ2n) is 6.41. The van der Waals surface area contributed by atoms with E-state index in [-0.39, 0.29) is 11.9 Å². The number of rotatable bonds is 5. The highest BCUT2D eigenvalue weighted by Crippen LogP contribution is 2.22. The van der Waals surface area contributed by atoms with Crippen molar-refractivity contribution >= 4 is 5.91 Å². The van der Waals surface area contributed by atoms with Gasteiger partial charge < -0.3 is 5.32 Å². The first-order valence-corrected chi connectivity index (χ1v) is 8.98. The van der Waals surface area contributed by atoms with Crippen LogP contribution in [-0.4, -0.2) is 26.1 Å². The molecule has 28 heavy (non-hydrogen) atoms. The molecule has 1 N–H and O–H groups in total. The lowest BCUT2D eigenvalue weighted by Crippen LogP contribution is -2.29. The van der Waals surface area contributed by atoms with Crippen LogP contribution < -0.4 is 5.32 Å². The Balaban J connectivity index is 1.59. The van der Waals surface area contributed by atoms with E-state index >= 15 is 0 Å². The van der Waals surface area contributed by atoms with E-state index in [1.165, 1.54) is 0 Å². The molecule has 4 rings (SSSR count). The molecular formula is C22H19N5O. The van der Waals surface area contributed by atoms with Crippen molar-refractivity contribution in [3.63, 3.8) is 0 Å². The molecular weight excluding hydrogens is 350 g/mol. The van der Waals surface area contributed by atoms with Gasteiger partial charge in [0.25, 0.3) is 5.91 Å². The van der Waals surface area contributed by atoms with E-state index in [1.54, 1.807) is 16.8 Å². The van der Waals surface area contributed by atoms with E-state index in [0.29, 0.717) is 11.4 Å². The second-order valence-corrected chi connectivity index (χ2v) is 6.41. The van der Waals surface area contributed by atoms with Crippen LogP contribution in [0.2, 0.25) is 0 Å². The summed E-state index contributed by atoms with van der Waals surface area (Å²) in [5.41, 5.74) is 3.44. The van der Waals surface area contributed by atoms with Crippen molar-refractivity contribution in [2.75, 3.05) is 0 Å². The zero-order chi connectivity index (χ0) is 19.3. The largest absolute Gasteiger partial charge is 0.341 e. The lowest BCUT2D eigenvalue weighted by atomic mass is 9.98. The van der Waals surface area contributed by atoms with Crippen LogP contribution in [0.25, 0.3) is 5.69 Å². The number of hydrogen-bond donors (Lipinski definition) is 1. The Morgan fingerprint density at radius 2 is 1.43 bits per heavy atom. The first kappa shape index (κ1) is 17.6. The maximum Gasteiger partial charge on any atom is 0.252 e. The number of carbonyl (C=O) groups excluding carboxylic acids is 1. The monoisotopic (exact) mass is 369 g/mol. The third kappa shape index (κ3) is 3.66. The number of nitrogens with zero attached hydrogens (tertiary/aromatic N) is 4. The summed E-state index contributed by atoms with van der Waals surface area (Å²) in [6.45, 7) is 1.82. The van der Waals surface area contributed by atoms with Crippen molar-refractivity contribution in [1.29, 1.82) is 0 Å². The van der Waals surface area contributed by atoms with E-state index in [2.05, 4.69) is 20.8 Å². The van der Waals surface area contributed by atoms with Crippen molar-refractivity contribution in [2.45, 2.75) is 13.0 Å². The summed E-state index contributed by atoms with van der Waals surface area (Å²) < 4.78 is 1.62. The highest BCUT2D eigenvalue weighted by Gasteiger charge is 2.17. The van der Waals surface area contributed by atoms with Crippen molar-refractivity contribution in [3.05, 3.63) is 107 Å². The molecule has 1 heterocycles.